The van der Waals surface area contributed by atoms with Crippen molar-refractivity contribution < 1.29 is 33.8 Å². The van der Waals surface area contributed by atoms with Crippen LogP contribution in [0.2, 0.25) is 0 Å². The monoisotopic (exact) mass is 620 g/mol. The summed E-state index contributed by atoms with van der Waals surface area (Å²) in [6, 6.07) is 7.88. The maximum atomic E-state index is 13.3. The van der Waals surface area contributed by atoms with Gasteiger partial charge in [-0.2, -0.15) is 0 Å². The molecule has 240 valence electrons. The summed E-state index contributed by atoms with van der Waals surface area (Å²) in [6.07, 6.45) is 5.85. The molecular formula is C32H40N6O7. The van der Waals surface area contributed by atoms with Gasteiger partial charge in [0.2, 0.25) is 17.7 Å². The van der Waals surface area contributed by atoms with E-state index in [9.17, 15) is 29.1 Å². The Labute approximate surface area is 261 Å². The number of nitrogens with one attached hydrogen (secondary N) is 3. The van der Waals surface area contributed by atoms with Gasteiger partial charge in [0, 0.05) is 38.6 Å². The topological polar surface area (TPSA) is 170 Å². The van der Waals surface area contributed by atoms with Crippen molar-refractivity contribution in [3.63, 3.8) is 0 Å². The Balaban J connectivity index is 1.38. The zero-order valence-corrected chi connectivity index (χ0v) is 25.4. The zero-order chi connectivity index (χ0) is 32.0. The van der Waals surface area contributed by atoms with Crippen LogP contribution >= 0.6 is 0 Å². The van der Waals surface area contributed by atoms with Crippen LogP contribution in [0.1, 0.15) is 48.5 Å². The zero-order valence-electron chi connectivity index (χ0n) is 25.4. The van der Waals surface area contributed by atoms with E-state index in [0.717, 1.165) is 5.56 Å². The molecule has 0 radical (unpaired) electrons. The molecule has 5 amide bonds. The summed E-state index contributed by atoms with van der Waals surface area (Å²) < 4.78 is 5.77. The van der Waals surface area contributed by atoms with Gasteiger partial charge in [-0.3, -0.25) is 29.0 Å². The van der Waals surface area contributed by atoms with Gasteiger partial charge in [-0.15, -0.1) is 0 Å². The number of likely N-dealkylation sites (tertiary alicyclic amines) is 1. The normalized spacial score (nSPS) is 24.7. The van der Waals surface area contributed by atoms with Crippen molar-refractivity contribution in [1.29, 1.82) is 0 Å². The first-order chi connectivity index (χ1) is 21.7. The van der Waals surface area contributed by atoms with E-state index in [0.29, 0.717) is 63.1 Å². The van der Waals surface area contributed by atoms with Crippen LogP contribution in [0.4, 0.5) is 0 Å². The molecule has 2 bridgehead atoms. The molecule has 1 aromatic carbocycles. The Hall–Kier alpha value is -4.52. The molecule has 1 spiro atoms. The number of aliphatic hydroxyl groups excluding tert-OH is 1. The predicted molar refractivity (Wildman–Crippen MR) is 162 cm³/mol. The molecule has 3 aliphatic heterocycles. The van der Waals surface area contributed by atoms with Crippen LogP contribution in [0.5, 0.6) is 5.75 Å². The van der Waals surface area contributed by atoms with E-state index in [1.165, 1.54) is 4.90 Å². The van der Waals surface area contributed by atoms with E-state index in [2.05, 4.69) is 20.9 Å². The second-order valence-corrected chi connectivity index (χ2v) is 12.1. The average molecular weight is 621 g/mol. The van der Waals surface area contributed by atoms with Gasteiger partial charge >= 0.3 is 0 Å². The van der Waals surface area contributed by atoms with E-state index >= 15 is 0 Å². The molecule has 0 saturated carbocycles. The molecule has 0 unspecified atom stereocenters. The van der Waals surface area contributed by atoms with Gasteiger partial charge < -0.3 is 35.6 Å². The SMILES string of the molecule is C[C@@H]1NC(=O)COc2cccc(c2)CC2(CCN(C(=O)c3cccnc3)CC2)CNC(=O)[C@H](CO)NC(=O)[C@@H]2CCCN2C1=O. The number of piperidine rings is 1. The fourth-order valence-electron chi connectivity index (χ4n) is 6.36. The third-order valence-corrected chi connectivity index (χ3v) is 8.91. The molecule has 2 saturated heterocycles. The Morgan fingerprint density at radius 2 is 1.87 bits per heavy atom. The number of aromatic nitrogens is 1. The number of ether oxygens (including phenoxy) is 1. The van der Waals surface area contributed by atoms with E-state index < -0.39 is 53.8 Å². The van der Waals surface area contributed by atoms with E-state index in [-0.39, 0.29) is 19.1 Å². The number of pyridine rings is 1. The van der Waals surface area contributed by atoms with Crippen molar-refractivity contribution in [1.82, 2.24) is 30.7 Å². The fourth-order valence-corrected chi connectivity index (χ4v) is 6.36. The lowest BCUT2D eigenvalue weighted by molar-refractivity contribution is -0.142. The number of aliphatic hydroxyl groups is 1. The molecular weight excluding hydrogens is 580 g/mol. The number of nitrogens with zero attached hydrogens (tertiary/aromatic N) is 3. The molecule has 13 heteroatoms. The van der Waals surface area contributed by atoms with Crippen molar-refractivity contribution in [2.45, 2.75) is 57.2 Å². The number of carbonyl (C=O) groups is 5. The van der Waals surface area contributed by atoms with Crippen molar-refractivity contribution in [3.8, 4) is 5.75 Å². The lowest BCUT2D eigenvalue weighted by atomic mass is 9.73. The van der Waals surface area contributed by atoms with Crippen molar-refractivity contribution >= 4 is 29.5 Å². The number of rotatable bonds is 2. The quantitative estimate of drug-likeness (QED) is 0.364. The molecule has 3 atom stereocenters. The van der Waals surface area contributed by atoms with Gasteiger partial charge in [-0.25, -0.2) is 0 Å². The Morgan fingerprint density at radius 3 is 2.60 bits per heavy atom. The molecule has 1 aromatic heterocycles. The summed E-state index contributed by atoms with van der Waals surface area (Å²) in [5, 5.41) is 18.3. The summed E-state index contributed by atoms with van der Waals surface area (Å²) in [6.45, 7) is 2.13. The molecule has 5 rings (SSSR count). The lowest BCUT2D eigenvalue weighted by Crippen LogP contribution is -2.57. The van der Waals surface area contributed by atoms with Crippen LogP contribution in [0, 0.1) is 5.41 Å². The van der Waals surface area contributed by atoms with Crippen LogP contribution in [0.25, 0.3) is 0 Å². The minimum absolute atomic E-state index is 0.108. The first kappa shape index (κ1) is 31.9. The third-order valence-electron chi connectivity index (χ3n) is 8.91. The van der Waals surface area contributed by atoms with Crippen molar-refractivity contribution in [3.05, 3.63) is 59.9 Å². The predicted octanol–water partition coefficient (Wildman–Crippen LogP) is 0.0281. The van der Waals surface area contributed by atoms with Crippen LogP contribution in [0.15, 0.2) is 48.8 Å². The first-order valence-electron chi connectivity index (χ1n) is 15.4. The average Bonchev–Trinajstić information content (AvgIpc) is 3.55. The third kappa shape index (κ3) is 7.59. The van der Waals surface area contributed by atoms with E-state index in [1.807, 2.05) is 18.2 Å². The number of fused-ring (bicyclic) bond motifs is 3. The summed E-state index contributed by atoms with van der Waals surface area (Å²) in [5.74, 6) is -1.59. The number of hydrogen-bond acceptors (Lipinski definition) is 8. The van der Waals surface area contributed by atoms with Gasteiger partial charge in [0.15, 0.2) is 6.61 Å². The first-order valence-corrected chi connectivity index (χ1v) is 15.4. The van der Waals surface area contributed by atoms with Crippen LogP contribution < -0.4 is 20.7 Å². The van der Waals surface area contributed by atoms with E-state index in [1.54, 1.807) is 42.4 Å². The Morgan fingerprint density at radius 1 is 1.07 bits per heavy atom. The van der Waals surface area contributed by atoms with Crippen LogP contribution in [-0.4, -0.2) is 107 Å². The lowest BCUT2D eigenvalue weighted by Gasteiger charge is -2.42. The highest BCUT2D eigenvalue weighted by molar-refractivity contribution is 5.95. The second kappa shape index (κ2) is 14.1. The summed E-state index contributed by atoms with van der Waals surface area (Å²) in [4.78, 5) is 72.8. The largest absolute Gasteiger partial charge is 0.484 e. The Bertz CT molecular complexity index is 1410. The van der Waals surface area contributed by atoms with E-state index in [4.69, 9.17) is 4.74 Å². The van der Waals surface area contributed by atoms with Gasteiger partial charge in [-0.05, 0) is 74.3 Å². The highest BCUT2D eigenvalue weighted by Gasteiger charge is 2.40. The van der Waals surface area contributed by atoms with Gasteiger partial charge in [-0.1, -0.05) is 12.1 Å². The van der Waals surface area contributed by atoms with Gasteiger partial charge in [0.25, 0.3) is 11.8 Å². The molecule has 2 fully saturated rings. The molecule has 45 heavy (non-hydrogen) atoms. The number of carbonyl (C=O) groups excluding carboxylic acids is 5. The van der Waals surface area contributed by atoms with Gasteiger partial charge in [0.1, 0.15) is 23.9 Å². The summed E-state index contributed by atoms with van der Waals surface area (Å²) in [7, 11) is 0. The molecule has 4 heterocycles. The second-order valence-electron chi connectivity index (χ2n) is 12.1. The smallest absolute Gasteiger partial charge is 0.258 e. The number of amides is 5. The molecule has 3 aliphatic rings. The minimum atomic E-state index is -1.21. The van der Waals surface area contributed by atoms with Crippen LogP contribution in [-0.2, 0) is 25.6 Å². The van der Waals surface area contributed by atoms with Gasteiger partial charge in [0.05, 0.1) is 12.2 Å². The number of hydrogen-bond donors (Lipinski definition) is 4. The molecule has 2 aromatic rings. The highest BCUT2D eigenvalue weighted by atomic mass is 16.5. The fraction of sp³-hybridized carbons (Fsp3) is 0.500. The van der Waals surface area contributed by atoms with Crippen LogP contribution in [0.3, 0.4) is 0 Å². The molecule has 0 aliphatic carbocycles. The molecule has 13 nitrogen and oxygen atoms in total. The van der Waals surface area contributed by atoms with Crippen molar-refractivity contribution in [2.75, 3.05) is 39.4 Å². The standard InChI is InChI=1S/C32H40N6O7/c1-21-30(43)38-12-4-8-26(38)29(42)36-25(18-39)28(41)34-20-32(16-22-5-2-7-24(15-22)45-19-27(40)35-21)9-13-37(14-10-32)31(44)23-6-3-11-33-17-23/h2-3,5-7,11,15,17,21,25-26,39H,4,8-10,12-14,16,18-20H2,1H3,(H,34,41)(H,35,40)(H,36,42)/t21-,25-,26-/m0/s1. The molecule has 4 N–H and O–H groups in total. The minimum Gasteiger partial charge on any atom is -0.484 e. The maximum absolute atomic E-state index is 13.3. The summed E-state index contributed by atoms with van der Waals surface area (Å²) >= 11 is 0. The summed E-state index contributed by atoms with van der Waals surface area (Å²) in [5.41, 5.74) is 0.979. The maximum Gasteiger partial charge on any atom is 0.258 e. The highest BCUT2D eigenvalue weighted by Crippen LogP contribution is 2.36. The Kier molecular flexibility index (Phi) is 9.96. The van der Waals surface area contributed by atoms with Crippen molar-refractivity contribution in [2.24, 2.45) is 5.41 Å². The number of benzene rings is 1.